The fraction of sp³-hybridized carbons (Fsp3) is 0.0833. The molecule has 34 heavy (non-hydrogen) atoms. The summed E-state index contributed by atoms with van der Waals surface area (Å²) in [5.41, 5.74) is 2.29. The Bertz CT molecular complexity index is 1360. The van der Waals surface area contributed by atoms with Crippen molar-refractivity contribution in [1.29, 1.82) is 0 Å². The van der Waals surface area contributed by atoms with Gasteiger partial charge in [-0.2, -0.15) is 0 Å². The van der Waals surface area contributed by atoms with E-state index in [-0.39, 0.29) is 18.2 Å². The Morgan fingerprint density at radius 1 is 1.00 bits per heavy atom. The van der Waals surface area contributed by atoms with Gasteiger partial charge in [0.25, 0.3) is 0 Å². The van der Waals surface area contributed by atoms with E-state index in [0.717, 1.165) is 12.7 Å². The maximum atomic E-state index is 12.4. The van der Waals surface area contributed by atoms with Gasteiger partial charge in [-0.1, -0.05) is 40.9 Å². The monoisotopic (exact) mass is 739 g/mol. The Hall–Kier alpha value is -1.53. The van der Waals surface area contributed by atoms with Gasteiger partial charge in [-0.15, -0.1) is 0 Å². The van der Waals surface area contributed by atoms with E-state index < -0.39 is 5.97 Å². The van der Waals surface area contributed by atoms with Crippen molar-refractivity contribution in [1.82, 2.24) is 0 Å². The summed E-state index contributed by atoms with van der Waals surface area (Å²) in [6.07, 6.45) is 1.63. The lowest BCUT2D eigenvalue weighted by atomic mass is 10.1. The van der Waals surface area contributed by atoms with Crippen LogP contribution in [0.25, 0.3) is 6.08 Å². The number of cyclic esters (lactones) is 1. The van der Waals surface area contributed by atoms with Crippen molar-refractivity contribution in [3.63, 3.8) is 0 Å². The van der Waals surface area contributed by atoms with E-state index in [1.807, 2.05) is 24.3 Å². The highest BCUT2D eigenvalue weighted by Crippen LogP contribution is 2.36. The molecule has 0 spiro atoms. The maximum absolute atomic E-state index is 12.4. The summed E-state index contributed by atoms with van der Waals surface area (Å²) in [5, 5.41) is 1.39. The lowest BCUT2D eigenvalue weighted by Crippen LogP contribution is -2.06. The van der Waals surface area contributed by atoms with E-state index in [1.165, 1.54) is 0 Å². The maximum Gasteiger partial charge on any atom is 0.363 e. The Balaban J connectivity index is 1.60. The molecule has 1 aliphatic heterocycles. The molecule has 0 aliphatic carbocycles. The normalized spacial score (nSPS) is 14.2. The van der Waals surface area contributed by atoms with Crippen LogP contribution in [-0.4, -0.2) is 19.0 Å². The van der Waals surface area contributed by atoms with Crippen LogP contribution in [0.5, 0.6) is 11.5 Å². The second-order valence-corrected chi connectivity index (χ2v) is 10.7. The molecule has 0 fully saturated rings. The van der Waals surface area contributed by atoms with Gasteiger partial charge in [0.2, 0.25) is 5.90 Å². The SMILES string of the molecule is COc1cc(/C=C2\N=C(c3cc(I)ccc3Cl)OC2=O)cc(I)c1OCc1ccc(Cl)c(Cl)c1. The summed E-state index contributed by atoms with van der Waals surface area (Å²) in [7, 11) is 1.55. The number of ether oxygens (including phenoxy) is 3. The molecule has 0 atom stereocenters. The molecular formula is C24H14Cl3I2NO4. The molecule has 5 nitrogen and oxygen atoms in total. The molecule has 4 rings (SSSR count). The van der Waals surface area contributed by atoms with E-state index >= 15 is 0 Å². The molecule has 0 unspecified atom stereocenters. The summed E-state index contributed by atoms with van der Waals surface area (Å²) in [6, 6.07) is 14.3. The first-order valence-electron chi connectivity index (χ1n) is 9.67. The molecule has 0 saturated carbocycles. The zero-order chi connectivity index (χ0) is 24.4. The van der Waals surface area contributed by atoms with Crippen LogP contribution >= 0.6 is 80.0 Å². The largest absolute Gasteiger partial charge is 0.493 e. The minimum Gasteiger partial charge on any atom is -0.493 e. The molecule has 0 saturated heterocycles. The molecule has 0 N–H and O–H groups in total. The highest BCUT2D eigenvalue weighted by molar-refractivity contribution is 14.1. The zero-order valence-electron chi connectivity index (χ0n) is 17.4. The number of nitrogens with zero attached hydrogens (tertiary/aromatic N) is 1. The van der Waals surface area contributed by atoms with Crippen LogP contribution in [0.4, 0.5) is 0 Å². The van der Waals surface area contributed by atoms with Crippen LogP contribution in [0.2, 0.25) is 15.1 Å². The predicted molar refractivity (Wildman–Crippen MR) is 151 cm³/mol. The first-order chi connectivity index (χ1) is 16.2. The molecule has 0 aromatic heterocycles. The lowest BCUT2D eigenvalue weighted by Gasteiger charge is -2.14. The zero-order valence-corrected chi connectivity index (χ0v) is 24.0. The average molecular weight is 741 g/mol. The first kappa shape index (κ1) is 25.6. The molecule has 0 bridgehead atoms. The molecule has 174 valence electrons. The number of rotatable bonds is 6. The highest BCUT2D eigenvalue weighted by Gasteiger charge is 2.26. The minimum atomic E-state index is -0.557. The third-order valence-electron chi connectivity index (χ3n) is 4.70. The van der Waals surface area contributed by atoms with Crippen molar-refractivity contribution >= 4 is 97.9 Å². The van der Waals surface area contributed by atoms with Gasteiger partial charge in [0, 0.05) is 3.57 Å². The summed E-state index contributed by atoms with van der Waals surface area (Å²) < 4.78 is 18.6. The second-order valence-electron chi connectivity index (χ2n) is 7.03. The molecule has 3 aromatic rings. The summed E-state index contributed by atoms with van der Waals surface area (Å²) in [5.74, 6) is 0.692. The molecule has 1 aliphatic rings. The molecule has 10 heteroatoms. The standard InChI is InChI=1S/C24H14Cl3I2NO4/c1-32-21-9-13(7-19(29)22(21)33-11-12-2-4-17(26)18(27)6-12)8-20-24(31)34-23(30-20)15-10-14(28)3-5-16(15)25/h2-10H,11H2,1H3/b20-8-. The molecule has 0 amide bonds. The molecule has 0 radical (unpaired) electrons. The summed E-state index contributed by atoms with van der Waals surface area (Å²) >= 11 is 22.6. The number of esters is 1. The fourth-order valence-corrected chi connectivity index (χ4v) is 4.88. The van der Waals surface area contributed by atoms with E-state index in [2.05, 4.69) is 50.2 Å². The van der Waals surface area contributed by atoms with Crippen molar-refractivity contribution < 1.29 is 19.0 Å². The van der Waals surface area contributed by atoms with E-state index in [1.54, 1.807) is 37.5 Å². The predicted octanol–water partition coefficient (Wildman–Crippen LogP) is 7.79. The number of hydrogen-bond donors (Lipinski definition) is 0. The van der Waals surface area contributed by atoms with Gasteiger partial charge in [-0.3, -0.25) is 0 Å². The van der Waals surface area contributed by atoms with Gasteiger partial charge < -0.3 is 14.2 Å². The number of carbonyl (C=O) groups is 1. The van der Waals surface area contributed by atoms with Gasteiger partial charge in [0.1, 0.15) is 6.61 Å². The van der Waals surface area contributed by atoms with Crippen LogP contribution < -0.4 is 9.47 Å². The molecule has 1 heterocycles. The summed E-state index contributed by atoms with van der Waals surface area (Å²) in [4.78, 5) is 16.8. The number of hydrogen-bond acceptors (Lipinski definition) is 5. The Kier molecular flexibility index (Phi) is 8.29. The number of methoxy groups -OCH3 is 1. The van der Waals surface area contributed by atoms with Crippen LogP contribution in [0.1, 0.15) is 16.7 Å². The van der Waals surface area contributed by atoms with Gasteiger partial charge in [-0.05, 0) is 105 Å². The smallest absolute Gasteiger partial charge is 0.363 e. The van der Waals surface area contributed by atoms with Gasteiger partial charge in [0.05, 0.1) is 31.3 Å². The lowest BCUT2D eigenvalue weighted by molar-refractivity contribution is -0.129. The van der Waals surface area contributed by atoms with E-state index in [0.29, 0.717) is 37.7 Å². The number of aliphatic imine (C=N–C) groups is 1. The number of carbonyl (C=O) groups excluding carboxylic acids is 1. The Morgan fingerprint density at radius 2 is 1.76 bits per heavy atom. The first-order valence-corrected chi connectivity index (χ1v) is 13.0. The molecule has 3 aromatic carbocycles. The average Bonchev–Trinajstić information content (AvgIpc) is 3.16. The number of halogens is 5. The van der Waals surface area contributed by atoms with E-state index in [4.69, 9.17) is 49.0 Å². The number of benzene rings is 3. The van der Waals surface area contributed by atoms with Gasteiger partial charge >= 0.3 is 5.97 Å². The van der Waals surface area contributed by atoms with Crippen molar-refractivity contribution in [2.75, 3.05) is 7.11 Å². The molecular weight excluding hydrogens is 726 g/mol. The van der Waals surface area contributed by atoms with E-state index in [9.17, 15) is 4.79 Å². The van der Waals surface area contributed by atoms with Crippen molar-refractivity contribution in [2.24, 2.45) is 4.99 Å². The third-order valence-corrected chi connectivity index (χ3v) is 7.24. The second kappa shape index (κ2) is 11.0. The van der Waals surface area contributed by atoms with Crippen LogP contribution in [-0.2, 0) is 16.1 Å². The quantitative estimate of drug-likeness (QED) is 0.147. The Morgan fingerprint density at radius 3 is 2.50 bits per heavy atom. The summed E-state index contributed by atoms with van der Waals surface area (Å²) in [6.45, 7) is 0.278. The van der Waals surface area contributed by atoms with Crippen LogP contribution in [0, 0.1) is 7.14 Å². The Labute approximate surface area is 238 Å². The third kappa shape index (κ3) is 5.81. The topological polar surface area (TPSA) is 57.1 Å². The van der Waals surface area contributed by atoms with Crippen molar-refractivity contribution in [3.8, 4) is 11.5 Å². The van der Waals surface area contributed by atoms with Gasteiger partial charge in [0.15, 0.2) is 17.2 Å². The van der Waals surface area contributed by atoms with Gasteiger partial charge in [-0.25, -0.2) is 9.79 Å². The van der Waals surface area contributed by atoms with Crippen LogP contribution in [0.3, 0.4) is 0 Å². The van der Waals surface area contributed by atoms with Crippen LogP contribution in [0.15, 0.2) is 59.2 Å². The highest BCUT2D eigenvalue weighted by atomic mass is 127. The fourth-order valence-electron chi connectivity index (χ4n) is 3.09. The van der Waals surface area contributed by atoms with Crippen molar-refractivity contribution in [3.05, 3.63) is 93.1 Å². The van der Waals surface area contributed by atoms with Crippen molar-refractivity contribution in [2.45, 2.75) is 6.61 Å². The minimum absolute atomic E-state index is 0.159.